The van der Waals surface area contributed by atoms with Crippen LogP contribution in [0.3, 0.4) is 0 Å². The fourth-order valence-electron chi connectivity index (χ4n) is 2.63. The van der Waals surface area contributed by atoms with Crippen LogP contribution in [0.2, 0.25) is 5.02 Å². The summed E-state index contributed by atoms with van der Waals surface area (Å²) >= 11 is 5.79. The molecule has 0 amide bonds. The van der Waals surface area contributed by atoms with E-state index >= 15 is 0 Å². The molecule has 0 aliphatic heterocycles. The van der Waals surface area contributed by atoms with E-state index in [4.69, 9.17) is 16.3 Å². The summed E-state index contributed by atoms with van der Waals surface area (Å²) in [5.41, 5.74) is 0.740. The fraction of sp³-hybridized carbons (Fsp3) is 0.0952. The lowest BCUT2D eigenvalue weighted by Gasteiger charge is -2.11. The Balaban J connectivity index is 1.73. The topological polar surface area (TPSA) is 119 Å². The van der Waals surface area contributed by atoms with Crippen LogP contribution in [0, 0.1) is 0 Å². The monoisotopic (exact) mass is 494 g/mol. The first-order chi connectivity index (χ1) is 15.1. The molecule has 0 aliphatic carbocycles. The molecule has 0 aromatic heterocycles. The summed E-state index contributed by atoms with van der Waals surface area (Å²) in [4.78, 5) is 11.6. The van der Waals surface area contributed by atoms with Gasteiger partial charge in [-0.25, -0.2) is 21.6 Å². The van der Waals surface area contributed by atoms with Gasteiger partial charge in [0.1, 0.15) is 0 Å². The summed E-state index contributed by atoms with van der Waals surface area (Å²) in [6, 6.07) is 16.6. The third-order valence-corrected chi connectivity index (χ3v) is 7.24. The number of rotatable bonds is 8. The van der Waals surface area contributed by atoms with Crippen LogP contribution in [-0.2, 0) is 24.8 Å². The van der Waals surface area contributed by atoms with Gasteiger partial charge in [0.25, 0.3) is 20.0 Å². The normalized spacial score (nSPS) is 11.6. The molecule has 0 saturated carbocycles. The van der Waals surface area contributed by atoms with Crippen LogP contribution >= 0.6 is 11.6 Å². The van der Waals surface area contributed by atoms with Crippen LogP contribution in [0.5, 0.6) is 0 Å². The van der Waals surface area contributed by atoms with E-state index in [1.165, 1.54) is 60.7 Å². The lowest BCUT2D eigenvalue weighted by molar-refractivity contribution is 0.0526. The Morgan fingerprint density at radius 1 is 0.750 bits per heavy atom. The quantitative estimate of drug-likeness (QED) is 0.455. The molecule has 0 fully saturated rings. The second kappa shape index (κ2) is 9.60. The average molecular weight is 495 g/mol. The largest absolute Gasteiger partial charge is 0.462 e. The van der Waals surface area contributed by atoms with Crippen molar-refractivity contribution in [3.63, 3.8) is 0 Å². The highest BCUT2D eigenvalue weighted by Gasteiger charge is 2.18. The van der Waals surface area contributed by atoms with Crippen molar-refractivity contribution in [2.24, 2.45) is 0 Å². The molecule has 0 aliphatic rings. The Kier molecular flexibility index (Phi) is 7.07. The smallest absolute Gasteiger partial charge is 0.338 e. The van der Waals surface area contributed by atoms with E-state index in [1.54, 1.807) is 19.1 Å². The number of nitrogens with one attached hydrogen (secondary N) is 2. The van der Waals surface area contributed by atoms with Gasteiger partial charge in [-0.2, -0.15) is 0 Å². The number of esters is 1. The molecule has 0 bridgehead atoms. The summed E-state index contributed by atoms with van der Waals surface area (Å²) in [5.74, 6) is -0.548. The Hall–Kier alpha value is -3.08. The molecule has 0 unspecified atom stereocenters. The Bertz CT molecular complexity index is 1310. The van der Waals surface area contributed by atoms with E-state index in [2.05, 4.69) is 9.44 Å². The molecule has 8 nitrogen and oxygen atoms in total. The molecule has 0 spiro atoms. The molecule has 3 rings (SSSR count). The first-order valence-electron chi connectivity index (χ1n) is 9.29. The molecule has 0 heterocycles. The maximum atomic E-state index is 12.6. The number of benzene rings is 3. The molecule has 168 valence electrons. The van der Waals surface area contributed by atoms with Crippen molar-refractivity contribution >= 4 is 49.0 Å². The Labute approximate surface area is 191 Å². The molecule has 0 atom stereocenters. The third kappa shape index (κ3) is 5.78. The number of sulfonamides is 2. The maximum Gasteiger partial charge on any atom is 0.338 e. The molecule has 0 radical (unpaired) electrons. The van der Waals surface area contributed by atoms with Gasteiger partial charge in [0, 0.05) is 16.4 Å². The molecule has 11 heteroatoms. The van der Waals surface area contributed by atoms with Crippen molar-refractivity contribution in [1.82, 2.24) is 0 Å². The zero-order valence-electron chi connectivity index (χ0n) is 16.8. The second-order valence-electron chi connectivity index (χ2n) is 6.49. The van der Waals surface area contributed by atoms with E-state index in [0.717, 1.165) is 0 Å². The minimum atomic E-state index is -3.95. The zero-order chi connectivity index (χ0) is 23.4. The van der Waals surface area contributed by atoms with Crippen molar-refractivity contribution in [1.29, 1.82) is 0 Å². The van der Waals surface area contributed by atoms with Crippen LogP contribution in [0.1, 0.15) is 17.3 Å². The molecule has 2 N–H and O–H groups in total. The predicted octanol–water partition coefficient (Wildman–Crippen LogP) is 4.12. The van der Waals surface area contributed by atoms with Crippen LogP contribution in [0.25, 0.3) is 0 Å². The number of carbonyl (C=O) groups is 1. The van der Waals surface area contributed by atoms with E-state index in [0.29, 0.717) is 10.7 Å². The van der Waals surface area contributed by atoms with Crippen LogP contribution in [-0.4, -0.2) is 29.4 Å². The van der Waals surface area contributed by atoms with Gasteiger partial charge in [0.15, 0.2) is 0 Å². The van der Waals surface area contributed by atoms with Crippen molar-refractivity contribution in [2.45, 2.75) is 16.7 Å². The maximum absolute atomic E-state index is 12.6. The molecular weight excluding hydrogens is 476 g/mol. The highest BCUT2D eigenvalue weighted by Crippen LogP contribution is 2.22. The summed E-state index contributed by atoms with van der Waals surface area (Å²) in [6.07, 6.45) is 0. The van der Waals surface area contributed by atoms with Crippen molar-refractivity contribution in [3.05, 3.63) is 83.4 Å². The predicted molar refractivity (Wildman–Crippen MR) is 122 cm³/mol. The highest BCUT2D eigenvalue weighted by molar-refractivity contribution is 7.93. The van der Waals surface area contributed by atoms with Crippen LogP contribution in [0.15, 0.2) is 82.6 Å². The van der Waals surface area contributed by atoms with Crippen molar-refractivity contribution in [3.8, 4) is 0 Å². The average Bonchev–Trinajstić information content (AvgIpc) is 2.75. The van der Waals surface area contributed by atoms with Crippen LogP contribution < -0.4 is 9.44 Å². The molecule has 0 saturated heterocycles. The standard InChI is InChI=1S/C21H19ClN2O6S2/c1-2-30-21(25)15-3-11-19(12-4-15)31(26,27)24-18-9-13-20(14-10-18)32(28,29)23-17-7-5-16(22)6-8-17/h3-14,23-24H,2H2,1H3. The molecular formula is C21H19ClN2O6S2. The van der Waals surface area contributed by atoms with Crippen molar-refractivity contribution < 1.29 is 26.4 Å². The highest BCUT2D eigenvalue weighted by atomic mass is 35.5. The van der Waals surface area contributed by atoms with E-state index in [-0.39, 0.29) is 27.6 Å². The van der Waals surface area contributed by atoms with Crippen molar-refractivity contribution in [2.75, 3.05) is 16.1 Å². The second-order valence-corrected chi connectivity index (χ2v) is 10.3. The number of carbonyl (C=O) groups excluding carboxylic acids is 1. The van der Waals surface area contributed by atoms with Gasteiger partial charge in [0.05, 0.1) is 22.0 Å². The van der Waals surface area contributed by atoms with Gasteiger partial charge in [-0.1, -0.05) is 11.6 Å². The number of hydrogen-bond donors (Lipinski definition) is 2. The lowest BCUT2D eigenvalue weighted by atomic mass is 10.2. The van der Waals surface area contributed by atoms with Gasteiger partial charge in [-0.05, 0) is 79.7 Å². The first kappa shape index (κ1) is 23.6. The first-order valence-corrected chi connectivity index (χ1v) is 12.6. The SMILES string of the molecule is CCOC(=O)c1ccc(S(=O)(=O)Nc2ccc(S(=O)(=O)Nc3ccc(Cl)cc3)cc2)cc1. The summed E-state index contributed by atoms with van der Waals surface area (Å²) in [6.45, 7) is 1.88. The van der Waals surface area contributed by atoms with Gasteiger partial charge >= 0.3 is 5.97 Å². The van der Waals surface area contributed by atoms with Gasteiger partial charge in [0.2, 0.25) is 0 Å². The molecule has 3 aromatic carbocycles. The Morgan fingerprint density at radius 3 is 1.59 bits per heavy atom. The minimum absolute atomic E-state index is 0.0470. The van der Waals surface area contributed by atoms with Gasteiger partial charge in [-0.3, -0.25) is 9.44 Å². The fourth-order valence-corrected chi connectivity index (χ4v) is 4.88. The minimum Gasteiger partial charge on any atom is -0.462 e. The Morgan fingerprint density at radius 2 is 1.16 bits per heavy atom. The number of halogens is 1. The lowest BCUT2D eigenvalue weighted by Crippen LogP contribution is -2.15. The summed E-state index contributed by atoms with van der Waals surface area (Å²) in [5, 5.41) is 0.472. The van der Waals surface area contributed by atoms with Gasteiger partial charge < -0.3 is 4.74 Å². The summed E-state index contributed by atoms with van der Waals surface area (Å²) < 4.78 is 59.9. The summed E-state index contributed by atoms with van der Waals surface area (Å²) in [7, 11) is -7.82. The zero-order valence-corrected chi connectivity index (χ0v) is 19.2. The van der Waals surface area contributed by atoms with E-state index in [1.807, 2.05) is 0 Å². The number of anilines is 2. The van der Waals surface area contributed by atoms with E-state index < -0.39 is 26.0 Å². The number of ether oxygens (including phenoxy) is 1. The van der Waals surface area contributed by atoms with Gasteiger partial charge in [-0.15, -0.1) is 0 Å². The van der Waals surface area contributed by atoms with Crippen LogP contribution in [0.4, 0.5) is 11.4 Å². The number of hydrogen-bond acceptors (Lipinski definition) is 6. The van der Waals surface area contributed by atoms with E-state index in [9.17, 15) is 21.6 Å². The molecule has 3 aromatic rings. The molecule has 32 heavy (non-hydrogen) atoms. The third-order valence-electron chi connectivity index (χ3n) is 4.19.